The summed E-state index contributed by atoms with van der Waals surface area (Å²) in [5.74, 6) is 7.87. The summed E-state index contributed by atoms with van der Waals surface area (Å²) in [6, 6.07) is 2.08. The lowest BCUT2D eigenvalue weighted by Gasteiger charge is -2.57. The van der Waals surface area contributed by atoms with Crippen LogP contribution in [-0.2, 0) is 0 Å². The van der Waals surface area contributed by atoms with E-state index in [4.69, 9.17) is 21.6 Å². The van der Waals surface area contributed by atoms with Gasteiger partial charge in [0.15, 0.2) is 23.8 Å². The molecule has 484 valence electrons. The van der Waals surface area contributed by atoms with Crippen LogP contribution in [0.15, 0.2) is 0 Å². The van der Waals surface area contributed by atoms with Crippen molar-refractivity contribution in [2.45, 2.75) is 302 Å². The van der Waals surface area contributed by atoms with Crippen LogP contribution in [-0.4, -0.2) is 143 Å². The van der Waals surface area contributed by atoms with Crippen molar-refractivity contribution < 1.29 is 0 Å². The molecule has 4 heterocycles. The molecule has 10 rings (SSSR count). The van der Waals surface area contributed by atoms with Crippen LogP contribution in [0.2, 0.25) is 0 Å². The number of unbranched alkanes of at least 4 members (excludes halogenated alkanes) is 12. The van der Waals surface area contributed by atoms with Gasteiger partial charge in [0.1, 0.15) is 0 Å². The molecule has 6 aliphatic carbocycles. The third kappa shape index (κ3) is 22.5. The van der Waals surface area contributed by atoms with Crippen molar-refractivity contribution in [3.05, 3.63) is 0 Å². The molecule has 10 fully saturated rings. The second kappa shape index (κ2) is 39.5. The number of guanidine groups is 4. The lowest BCUT2D eigenvalue weighted by molar-refractivity contribution is -0.0596. The minimum atomic E-state index is 0. The summed E-state index contributed by atoms with van der Waals surface area (Å²) >= 11 is 0. The van der Waals surface area contributed by atoms with E-state index in [0.717, 1.165) is 107 Å². The van der Waals surface area contributed by atoms with Crippen LogP contribution in [0.5, 0.6) is 0 Å². The predicted molar refractivity (Wildman–Crippen MR) is 375 cm³/mol. The first-order chi connectivity index (χ1) is 38.7. The van der Waals surface area contributed by atoms with Crippen LogP contribution >= 0.6 is 54.0 Å². The molecule has 12 nitrogen and oxygen atoms in total. The van der Waals surface area contributed by atoms with Gasteiger partial charge in [-0.3, -0.25) is 21.6 Å². The van der Waals surface area contributed by atoms with E-state index in [1.54, 1.807) is 0 Å². The van der Waals surface area contributed by atoms with Gasteiger partial charge in [0.25, 0.3) is 0 Å². The summed E-state index contributed by atoms with van der Waals surface area (Å²) in [6.07, 6.45) is 53.9. The van der Waals surface area contributed by atoms with Crippen LogP contribution in [0, 0.1) is 56.6 Å². The fraction of sp³-hybridized carbons (Fsp3) is 0.940. The highest BCUT2D eigenvalue weighted by atomic mass is 32.1. The Balaban J connectivity index is 0.000000340. The monoisotopic (exact) mass is 1230 g/mol. The molecule has 0 unspecified atom stereocenters. The van der Waals surface area contributed by atoms with Crippen molar-refractivity contribution in [3.63, 3.8) is 0 Å². The second-order valence-corrected chi connectivity index (χ2v) is 28.3. The first-order valence-electron chi connectivity index (χ1n) is 35.0. The van der Waals surface area contributed by atoms with E-state index in [0.29, 0.717) is 41.5 Å². The van der Waals surface area contributed by atoms with Gasteiger partial charge >= 0.3 is 0 Å². The Morgan fingerprint density at radius 1 is 0.398 bits per heavy atom. The molecule has 6 saturated carbocycles. The number of rotatable bonds is 35. The molecule has 0 aromatic carbocycles. The summed E-state index contributed by atoms with van der Waals surface area (Å²) in [4.78, 5) is 14.5. The quantitative estimate of drug-likeness (QED) is 0.0345. The average Bonchev–Trinajstić information content (AvgIpc) is 4.38. The molecule has 83 heavy (non-hydrogen) atoms. The number of nitrogens with zero attached hydrogens (tertiary/aromatic N) is 6. The Kier molecular flexibility index (Phi) is 35.2. The molecule has 0 spiro atoms. The smallest absolute Gasteiger partial charge is 0.194 e. The van der Waals surface area contributed by atoms with Crippen molar-refractivity contribution in [3.8, 4) is 0 Å². The zero-order valence-corrected chi connectivity index (χ0v) is 57.7. The SMILES string of the molecule is CCCCCCCN1C(=N)N(CCCC[C@H]2CNC(=N)N2CCC23CC4CC(CC(C4)C2)C3)C[C@@H]1CCCC.CCCCCCCN1C(=N)N(CCCC[C@H]2CNC(=N)N2CCCCC2CCCCC2)C[C@@H]1CC1CCCCC1.S.S.S.S. The van der Waals surface area contributed by atoms with Gasteiger partial charge in [-0.2, -0.15) is 54.0 Å². The Morgan fingerprint density at radius 2 is 0.795 bits per heavy atom. The Morgan fingerprint density at radius 3 is 1.30 bits per heavy atom. The maximum absolute atomic E-state index is 9.06. The molecule has 0 radical (unpaired) electrons. The molecular weight excluding hydrogens is 1100 g/mol. The van der Waals surface area contributed by atoms with Crippen molar-refractivity contribution in [2.24, 2.45) is 35.0 Å². The highest BCUT2D eigenvalue weighted by Crippen LogP contribution is 2.61. The van der Waals surface area contributed by atoms with Crippen molar-refractivity contribution in [2.75, 3.05) is 65.4 Å². The highest BCUT2D eigenvalue weighted by Gasteiger charge is 2.51. The number of hydrogen-bond donors (Lipinski definition) is 6. The first kappa shape index (κ1) is 73.9. The number of nitrogens with one attached hydrogen (secondary N) is 6. The Bertz CT molecular complexity index is 1780. The van der Waals surface area contributed by atoms with Crippen molar-refractivity contribution in [1.82, 2.24) is 40.0 Å². The Labute approximate surface area is 538 Å². The van der Waals surface area contributed by atoms with Gasteiger partial charge in [-0.1, -0.05) is 162 Å². The molecule has 16 heteroatoms. The summed E-state index contributed by atoms with van der Waals surface area (Å²) in [5.41, 5.74) is 0.606. The molecule has 0 aromatic heterocycles. The second-order valence-electron chi connectivity index (χ2n) is 28.3. The molecule has 4 saturated heterocycles. The van der Waals surface area contributed by atoms with Crippen LogP contribution in [0.4, 0.5) is 0 Å². The van der Waals surface area contributed by atoms with E-state index in [-0.39, 0.29) is 54.0 Å². The molecule has 4 aliphatic heterocycles. The van der Waals surface area contributed by atoms with E-state index < -0.39 is 0 Å². The van der Waals surface area contributed by atoms with Crippen LogP contribution in [0.1, 0.15) is 278 Å². The van der Waals surface area contributed by atoms with Gasteiger partial charge < -0.3 is 40.0 Å². The highest BCUT2D eigenvalue weighted by molar-refractivity contribution is 7.59. The topological polar surface area (TPSA) is 139 Å². The fourth-order valence-corrected chi connectivity index (χ4v) is 17.9. The third-order valence-electron chi connectivity index (χ3n) is 22.0. The summed E-state index contributed by atoms with van der Waals surface area (Å²) < 4.78 is 0. The summed E-state index contributed by atoms with van der Waals surface area (Å²) in [6.45, 7) is 17.2. The zero-order valence-electron chi connectivity index (χ0n) is 53.7. The normalized spacial score (nSPS) is 27.8. The van der Waals surface area contributed by atoms with Crippen LogP contribution in [0.25, 0.3) is 0 Å². The lowest BCUT2D eigenvalue weighted by atomic mass is 9.49. The van der Waals surface area contributed by atoms with Crippen molar-refractivity contribution in [1.29, 1.82) is 21.6 Å². The zero-order chi connectivity index (χ0) is 55.2. The van der Waals surface area contributed by atoms with Gasteiger partial charge in [0.2, 0.25) is 0 Å². The van der Waals surface area contributed by atoms with E-state index >= 15 is 0 Å². The Hall–Kier alpha value is -1.52. The standard InChI is InChI=1S/C34H64N6.C33H60N6.4H2S/c1-2-3-4-5-14-25-40-32(26-30-20-10-7-11-21-30)28-38(34(40)36)23-15-13-22-31-27-37-33(35)39(31)24-16-12-19-29-17-8-6-9-18-29;1-3-5-7-8-10-16-39-30(12-6-4-2)25-37(32(39)35)15-11-9-13-29-24-36-31(34)38(29)17-14-33-21-26-18-27(22-33)20-28(19-26)23-33;;;;/h29-32,36H,2-28H2,1H3,(H2,35,37);26-30,35H,3-25H2,1-2H3,(H2,34,36);4*1H2/t31-,32-;26?,27?,28?,29-,30-,33?;;;;/m00..../s1. The maximum Gasteiger partial charge on any atom is 0.194 e. The third-order valence-corrected chi connectivity index (χ3v) is 22.0. The van der Waals surface area contributed by atoms with Crippen LogP contribution in [0.3, 0.4) is 0 Å². The minimum Gasteiger partial charge on any atom is -0.354 e. The molecular formula is C67H132N12S4. The average molecular weight is 1230 g/mol. The molecule has 0 amide bonds. The van der Waals surface area contributed by atoms with Crippen LogP contribution < -0.4 is 10.6 Å². The van der Waals surface area contributed by atoms with Gasteiger partial charge in [0, 0.05) is 89.6 Å². The summed E-state index contributed by atoms with van der Waals surface area (Å²) in [5, 5.41) is 41.7. The molecule has 10 aliphatic rings. The van der Waals surface area contributed by atoms with E-state index in [2.05, 4.69) is 60.8 Å². The predicted octanol–water partition coefficient (Wildman–Crippen LogP) is 15.5. The minimum absolute atomic E-state index is 0. The molecule has 0 aromatic rings. The molecule has 6 N–H and O–H groups in total. The summed E-state index contributed by atoms with van der Waals surface area (Å²) in [7, 11) is 0. The lowest BCUT2D eigenvalue weighted by Crippen LogP contribution is -2.48. The van der Waals surface area contributed by atoms with E-state index in [9.17, 15) is 0 Å². The molecule has 4 bridgehead atoms. The number of hydrogen-bond acceptors (Lipinski definition) is 4. The van der Waals surface area contributed by atoms with Gasteiger partial charge in [-0.05, 0) is 151 Å². The fourth-order valence-electron chi connectivity index (χ4n) is 17.9. The van der Waals surface area contributed by atoms with Gasteiger partial charge in [0.05, 0.1) is 0 Å². The van der Waals surface area contributed by atoms with Gasteiger partial charge in [-0.15, -0.1) is 0 Å². The van der Waals surface area contributed by atoms with E-state index in [1.165, 1.54) is 257 Å². The van der Waals surface area contributed by atoms with E-state index in [1.807, 2.05) is 0 Å². The molecule has 4 atom stereocenters. The first-order valence-corrected chi connectivity index (χ1v) is 35.0. The maximum atomic E-state index is 9.06. The van der Waals surface area contributed by atoms with Gasteiger partial charge in [-0.25, -0.2) is 0 Å². The largest absolute Gasteiger partial charge is 0.354 e. The van der Waals surface area contributed by atoms with Crippen molar-refractivity contribution >= 4 is 77.8 Å².